The first-order valence-corrected chi connectivity index (χ1v) is 3.38. The smallest absolute Gasteiger partial charge is 0.394 e. The van der Waals surface area contributed by atoms with Crippen LogP contribution in [-0.4, -0.2) is 27.2 Å². The average molecular weight is 173 g/mol. The van der Waals surface area contributed by atoms with Gasteiger partial charge < -0.3 is 5.11 Å². The van der Waals surface area contributed by atoms with Crippen molar-refractivity contribution in [2.75, 3.05) is 5.32 Å². The fourth-order valence-electron chi connectivity index (χ4n) is 0.378. The minimum Gasteiger partial charge on any atom is -0.474 e. The van der Waals surface area contributed by atoms with E-state index in [9.17, 15) is 9.59 Å². The molecule has 1 amide bonds. The lowest BCUT2D eigenvalue weighted by Crippen LogP contribution is -2.21. The van der Waals surface area contributed by atoms with Crippen molar-refractivity contribution in [2.24, 2.45) is 0 Å². The second-order valence-electron chi connectivity index (χ2n) is 1.50. The minimum absolute atomic E-state index is 0.178. The van der Waals surface area contributed by atoms with Crippen LogP contribution in [0.5, 0.6) is 0 Å². The fourth-order valence-corrected chi connectivity index (χ4v) is 0.818. The highest BCUT2D eigenvalue weighted by Crippen LogP contribution is 2.06. The Kier molecular flexibility index (Phi) is 2.12. The van der Waals surface area contributed by atoms with E-state index in [2.05, 4.69) is 10.2 Å². The van der Waals surface area contributed by atoms with Gasteiger partial charge in [0.05, 0.1) is 0 Å². The lowest BCUT2D eigenvalue weighted by atomic mass is 10.6. The third-order valence-electron chi connectivity index (χ3n) is 0.775. The molecule has 58 valence electrons. The summed E-state index contributed by atoms with van der Waals surface area (Å²) in [5.74, 6) is -2.65. The molecule has 0 unspecified atom stereocenters. The van der Waals surface area contributed by atoms with Crippen molar-refractivity contribution in [3.63, 3.8) is 0 Å². The molecule has 0 saturated heterocycles. The molecule has 0 fully saturated rings. The van der Waals surface area contributed by atoms with Crippen LogP contribution in [-0.2, 0) is 9.59 Å². The SMILES string of the molecule is O=C(O)C(=O)Nc1nncs1. The standard InChI is InChI=1S/C4H3N3O3S/c8-2(3(9)10)6-4-7-5-1-11-4/h1H,(H,9,10)(H,6,7,8). The van der Waals surface area contributed by atoms with Gasteiger partial charge in [0.1, 0.15) is 5.51 Å². The first kappa shape index (κ1) is 7.61. The monoisotopic (exact) mass is 173 g/mol. The first-order valence-electron chi connectivity index (χ1n) is 2.50. The predicted octanol–water partition coefficient (Wildman–Crippen LogP) is -0.439. The zero-order valence-electron chi connectivity index (χ0n) is 5.14. The summed E-state index contributed by atoms with van der Waals surface area (Å²) < 4.78 is 0. The Morgan fingerprint density at radius 1 is 1.64 bits per heavy atom. The van der Waals surface area contributed by atoms with Crippen molar-refractivity contribution in [3.05, 3.63) is 5.51 Å². The van der Waals surface area contributed by atoms with Crippen LogP contribution in [0, 0.1) is 0 Å². The molecule has 0 aliphatic rings. The lowest BCUT2D eigenvalue weighted by Gasteiger charge is -1.91. The number of hydrogen-bond donors (Lipinski definition) is 2. The Hall–Kier alpha value is -1.50. The van der Waals surface area contributed by atoms with Crippen LogP contribution in [0.4, 0.5) is 5.13 Å². The van der Waals surface area contributed by atoms with Crippen molar-refractivity contribution in [1.29, 1.82) is 0 Å². The maximum atomic E-state index is 10.4. The predicted molar refractivity (Wildman–Crippen MR) is 36.2 cm³/mol. The van der Waals surface area contributed by atoms with Gasteiger partial charge in [0.25, 0.3) is 0 Å². The van der Waals surface area contributed by atoms with Crippen LogP contribution in [0.2, 0.25) is 0 Å². The number of amides is 1. The number of nitrogens with one attached hydrogen (secondary N) is 1. The molecular formula is C4H3N3O3S. The molecule has 0 aliphatic carbocycles. The van der Waals surface area contributed by atoms with Crippen LogP contribution in [0.3, 0.4) is 0 Å². The van der Waals surface area contributed by atoms with E-state index in [0.717, 1.165) is 11.3 Å². The van der Waals surface area contributed by atoms with Gasteiger partial charge in [0.2, 0.25) is 5.13 Å². The molecule has 11 heavy (non-hydrogen) atoms. The molecule has 0 atom stereocenters. The van der Waals surface area contributed by atoms with Gasteiger partial charge in [0, 0.05) is 0 Å². The van der Waals surface area contributed by atoms with Crippen molar-refractivity contribution in [1.82, 2.24) is 10.2 Å². The molecule has 2 N–H and O–H groups in total. The number of carboxylic acid groups (broad SMARTS) is 1. The summed E-state index contributed by atoms with van der Waals surface area (Å²) in [6.45, 7) is 0. The number of hydrogen-bond acceptors (Lipinski definition) is 5. The van der Waals surface area contributed by atoms with E-state index in [1.807, 2.05) is 5.32 Å². The number of aliphatic carboxylic acids is 1. The Morgan fingerprint density at radius 2 is 2.36 bits per heavy atom. The summed E-state index contributed by atoms with van der Waals surface area (Å²) >= 11 is 1.05. The summed E-state index contributed by atoms with van der Waals surface area (Å²) in [4.78, 5) is 20.4. The molecule has 0 radical (unpaired) electrons. The normalized spacial score (nSPS) is 9.09. The van der Waals surface area contributed by atoms with E-state index >= 15 is 0 Å². The zero-order chi connectivity index (χ0) is 8.27. The van der Waals surface area contributed by atoms with E-state index in [1.54, 1.807) is 0 Å². The highest BCUT2D eigenvalue weighted by molar-refractivity contribution is 7.13. The molecule has 0 saturated carbocycles. The highest BCUT2D eigenvalue weighted by Gasteiger charge is 2.11. The molecule has 0 aliphatic heterocycles. The van der Waals surface area contributed by atoms with Crippen LogP contribution >= 0.6 is 11.3 Å². The third kappa shape index (κ3) is 1.97. The number of aromatic nitrogens is 2. The number of carbonyl (C=O) groups excluding carboxylic acids is 1. The van der Waals surface area contributed by atoms with Gasteiger partial charge in [-0.05, 0) is 0 Å². The quantitative estimate of drug-likeness (QED) is 0.561. The van der Waals surface area contributed by atoms with Crippen LogP contribution in [0.15, 0.2) is 5.51 Å². The van der Waals surface area contributed by atoms with Gasteiger partial charge in [0.15, 0.2) is 0 Å². The van der Waals surface area contributed by atoms with E-state index in [1.165, 1.54) is 5.51 Å². The topological polar surface area (TPSA) is 92.2 Å². The van der Waals surface area contributed by atoms with Gasteiger partial charge >= 0.3 is 11.9 Å². The summed E-state index contributed by atoms with van der Waals surface area (Å²) in [5, 5.41) is 17.1. The van der Waals surface area contributed by atoms with E-state index in [-0.39, 0.29) is 5.13 Å². The van der Waals surface area contributed by atoms with Crippen LogP contribution < -0.4 is 5.32 Å². The minimum atomic E-state index is -1.54. The number of carbonyl (C=O) groups is 2. The molecule has 0 spiro atoms. The van der Waals surface area contributed by atoms with Gasteiger partial charge in [-0.25, -0.2) is 4.79 Å². The Morgan fingerprint density at radius 3 is 2.82 bits per heavy atom. The second-order valence-corrected chi connectivity index (χ2v) is 2.34. The third-order valence-corrected chi connectivity index (χ3v) is 1.38. The molecule has 1 aromatic rings. The van der Waals surface area contributed by atoms with Crippen LogP contribution in [0.1, 0.15) is 0 Å². The molecule has 6 nitrogen and oxygen atoms in total. The van der Waals surface area contributed by atoms with Gasteiger partial charge in [-0.3, -0.25) is 10.1 Å². The van der Waals surface area contributed by atoms with Crippen molar-refractivity contribution < 1.29 is 14.7 Å². The summed E-state index contributed by atoms with van der Waals surface area (Å²) in [6, 6.07) is 0. The maximum Gasteiger partial charge on any atom is 0.394 e. The molecular weight excluding hydrogens is 170 g/mol. The Bertz CT molecular complexity index is 270. The molecule has 0 bridgehead atoms. The fraction of sp³-hybridized carbons (Fsp3) is 0. The molecule has 0 aromatic carbocycles. The molecule has 1 rings (SSSR count). The van der Waals surface area contributed by atoms with E-state index in [0.29, 0.717) is 0 Å². The Balaban J connectivity index is 2.57. The van der Waals surface area contributed by atoms with Gasteiger partial charge in [-0.1, -0.05) is 11.3 Å². The average Bonchev–Trinajstić information content (AvgIpc) is 2.39. The second kappa shape index (κ2) is 3.06. The van der Waals surface area contributed by atoms with Crippen molar-refractivity contribution >= 4 is 28.3 Å². The lowest BCUT2D eigenvalue weighted by molar-refractivity contribution is -0.147. The van der Waals surface area contributed by atoms with Crippen molar-refractivity contribution in [3.8, 4) is 0 Å². The number of anilines is 1. The van der Waals surface area contributed by atoms with Crippen LogP contribution in [0.25, 0.3) is 0 Å². The zero-order valence-corrected chi connectivity index (χ0v) is 5.96. The number of rotatable bonds is 1. The summed E-state index contributed by atoms with van der Waals surface area (Å²) in [5.41, 5.74) is 1.39. The summed E-state index contributed by atoms with van der Waals surface area (Å²) in [7, 11) is 0. The van der Waals surface area contributed by atoms with Crippen molar-refractivity contribution in [2.45, 2.75) is 0 Å². The molecule has 1 heterocycles. The van der Waals surface area contributed by atoms with E-state index in [4.69, 9.17) is 5.11 Å². The number of carboxylic acids is 1. The highest BCUT2D eigenvalue weighted by atomic mass is 32.1. The largest absolute Gasteiger partial charge is 0.474 e. The maximum absolute atomic E-state index is 10.4. The number of nitrogens with zero attached hydrogens (tertiary/aromatic N) is 2. The molecule has 1 aromatic heterocycles. The summed E-state index contributed by atoms with van der Waals surface area (Å²) in [6.07, 6.45) is 0. The molecule has 7 heteroatoms. The first-order chi connectivity index (χ1) is 5.20. The van der Waals surface area contributed by atoms with Gasteiger partial charge in [-0.2, -0.15) is 0 Å². The van der Waals surface area contributed by atoms with E-state index < -0.39 is 11.9 Å². The van der Waals surface area contributed by atoms with Gasteiger partial charge in [-0.15, -0.1) is 10.2 Å². The Labute approximate surface area is 64.9 Å².